The number of hydrogen-bond acceptors (Lipinski definition) is 2. The summed E-state index contributed by atoms with van der Waals surface area (Å²) in [6, 6.07) is 4.23. The molecule has 114 valence electrons. The molecule has 0 radical (unpaired) electrons. The minimum Gasteiger partial charge on any atom is -0.343 e. The van der Waals surface area contributed by atoms with Crippen molar-refractivity contribution in [3.63, 3.8) is 0 Å². The average molecular weight is 286 g/mol. The van der Waals surface area contributed by atoms with Crippen LogP contribution in [0.4, 0.5) is 0 Å². The van der Waals surface area contributed by atoms with Crippen LogP contribution in [0.3, 0.4) is 0 Å². The molecule has 2 aliphatic rings. The molecule has 1 aromatic rings. The number of hydrogen-bond donors (Lipinski definition) is 0. The standard InChI is InChI=1S/C18H26N2O/c21-18(14-15-4-2-1-3-5-15)20-12-8-17(9-13-20)16-6-10-19-11-7-16/h6-7,10-11,15,17H,1-5,8-9,12-14H2. The smallest absolute Gasteiger partial charge is 0.222 e. The van der Waals surface area contributed by atoms with Gasteiger partial charge in [-0.05, 0) is 55.2 Å². The second-order valence-electron chi connectivity index (χ2n) is 6.64. The minimum atomic E-state index is 0.398. The van der Waals surface area contributed by atoms with Gasteiger partial charge in [-0.15, -0.1) is 0 Å². The van der Waals surface area contributed by atoms with Crippen LogP contribution in [0.1, 0.15) is 62.8 Å². The SMILES string of the molecule is O=C(CC1CCCCC1)N1CCC(c2ccncc2)CC1. The third kappa shape index (κ3) is 3.84. The van der Waals surface area contributed by atoms with E-state index in [1.165, 1.54) is 37.7 Å². The molecule has 2 fully saturated rings. The van der Waals surface area contributed by atoms with Gasteiger partial charge in [0.2, 0.25) is 5.91 Å². The average Bonchev–Trinajstić information content (AvgIpc) is 2.57. The Morgan fingerprint density at radius 1 is 1.05 bits per heavy atom. The molecule has 1 aromatic heterocycles. The molecule has 0 aromatic carbocycles. The molecule has 0 unspecified atom stereocenters. The van der Waals surface area contributed by atoms with Crippen molar-refractivity contribution in [1.29, 1.82) is 0 Å². The summed E-state index contributed by atoms with van der Waals surface area (Å²) in [7, 11) is 0. The lowest BCUT2D eigenvalue weighted by Crippen LogP contribution is -2.38. The summed E-state index contributed by atoms with van der Waals surface area (Å²) < 4.78 is 0. The molecule has 2 heterocycles. The van der Waals surface area contributed by atoms with Crippen molar-refractivity contribution in [3.8, 4) is 0 Å². The molecule has 0 bridgehead atoms. The van der Waals surface area contributed by atoms with E-state index in [0.29, 0.717) is 17.7 Å². The van der Waals surface area contributed by atoms with E-state index in [0.717, 1.165) is 32.4 Å². The van der Waals surface area contributed by atoms with Gasteiger partial charge >= 0.3 is 0 Å². The molecule has 1 saturated carbocycles. The highest BCUT2D eigenvalue weighted by molar-refractivity contribution is 5.76. The van der Waals surface area contributed by atoms with Gasteiger partial charge in [0.05, 0.1) is 0 Å². The predicted octanol–water partition coefficient (Wildman–Crippen LogP) is 3.76. The minimum absolute atomic E-state index is 0.398. The van der Waals surface area contributed by atoms with E-state index in [-0.39, 0.29) is 0 Å². The highest BCUT2D eigenvalue weighted by atomic mass is 16.2. The summed E-state index contributed by atoms with van der Waals surface area (Å²) in [5.74, 6) is 1.66. The lowest BCUT2D eigenvalue weighted by molar-refractivity contribution is -0.133. The van der Waals surface area contributed by atoms with Crippen LogP contribution in [0.25, 0.3) is 0 Å². The number of nitrogens with zero attached hydrogens (tertiary/aromatic N) is 2. The van der Waals surface area contributed by atoms with Gasteiger partial charge in [0.15, 0.2) is 0 Å². The molecule has 1 amide bonds. The first-order valence-corrected chi connectivity index (χ1v) is 8.50. The number of likely N-dealkylation sites (tertiary alicyclic amines) is 1. The van der Waals surface area contributed by atoms with Gasteiger partial charge in [-0.3, -0.25) is 9.78 Å². The predicted molar refractivity (Wildman–Crippen MR) is 84.0 cm³/mol. The third-order valence-corrected chi connectivity index (χ3v) is 5.21. The van der Waals surface area contributed by atoms with E-state index in [9.17, 15) is 4.79 Å². The second kappa shape index (κ2) is 7.06. The maximum atomic E-state index is 12.4. The molecule has 3 nitrogen and oxygen atoms in total. The lowest BCUT2D eigenvalue weighted by Gasteiger charge is -2.33. The Morgan fingerprint density at radius 3 is 2.38 bits per heavy atom. The number of amides is 1. The maximum absolute atomic E-state index is 12.4. The Morgan fingerprint density at radius 2 is 1.71 bits per heavy atom. The normalized spacial score (nSPS) is 21.4. The summed E-state index contributed by atoms with van der Waals surface area (Å²) in [5, 5.41) is 0. The molecule has 1 aliphatic heterocycles. The van der Waals surface area contributed by atoms with Crippen molar-refractivity contribution in [2.24, 2.45) is 5.92 Å². The fourth-order valence-electron chi connectivity index (χ4n) is 3.87. The van der Waals surface area contributed by atoms with Crippen LogP contribution in [0.5, 0.6) is 0 Å². The van der Waals surface area contributed by atoms with Crippen molar-refractivity contribution in [2.45, 2.75) is 57.3 Å². The van der Waals surface area contributed by atoms with Crippen molar-refractivity contribution in [2.75, 3.05) is 13.1 Å². The largest absolute Gasteiger partial charge is 0.343 e. The summed E-state index contributed by atoms with van der Waals surface area (Å²) in [5.41, 5.74) is 1.38. The van der Waals surface area contributed by atoms with Gasteiger partial charge in [0.1, 0.15) is 0 Å². The van der Waals surface area contributed by atoms with Crippen molar-refractivity contribution in [1.82, 2.24) is 9.88 Å². The number of pyridine rings is 1. The summed E-state index contributed by atoms with van der Waals surface area (Å²) in [4.78, 5) is 18.6. The van der Waals surface area contributed by atoms with Gasteiger partial charge < -0.3 is 4.90 Å². The number of carbonyl (C=O) groups is 1. The zero-order valence-electron chi connectivity index (χ0n) is 12.8. The monoisotopic (exact) mass is 286 g/mol. The third-order valence-electron chi connectivity index (χ3n) is 5.21. The van der Waals surface area contributed by atoms with Crippen LogP contribution >= 0.6 is 0 Å². The van der Waals surface area contributed by atoms with Gasteiger partial charge in [-0.25, -0.2) is 0 Å². The van der Waals surface area contributed by atoms with E-state index >= 15 is 0 Å². The van der Waals surface area contributed by atoms with E-state index in [2.05, 4.69) is 22.0 Å². The van der Waals surface area contributed by atoms with Crippen molar-refractivity contribution >= 4 is 5.91 Å². The van der Waals surface area contributed by atoms with Crippen LogP contribution in [-0.4, -0.2) is 28.9 Å². The molecule has 3 heteroatoms. The lowest BCUT2D eigenvalue weighted by atomic mass is 9.86. The van der Waals surface area contributed by atoms with Gasteiger partial charge in [0.25, 0.3) is 0 Å². The Balaban J connectivity index is 1.47. The molecule has 21 heavy (non-hydrogen) atoms. The van der Waals surface area contributed by atoms with Crippen molar-refractivity contribution in [3.05, 3.63) is 30.1 Å². The maximum Gasteiger partial charge on any atom is 0.222 e. The highest BCUT2D eigenvalue weighted by Gasteiger charge is 2.26. The van der Waals surface area contributed by atoms with E-state index < -0.39 is 0 Å². The first-order valence-electron chi connectivity index (χ1n) is 8.50. The van der Waals surface area contributed by atoms with Gasteiger partial charge in [-0.2, -0.15) is 0 Å². The first kappa shape index (κ1) is 14.6. The molecule has 0 atom stereocenters. The molecule has 0 N–H and O–H groups in total. The fraction of sp³-hybridized carbons (Fsp3) is 0.667. The van der Waals surface area contributed by atoms with Crippen LogP contribution in [0.15, 0.2) is 24.5 Å². The molecular formula is C18H26N2O. The van der Waals surface area contributed by atoms with Crippen LogP contribution in [0.2, 0.25) is 0 Å². The zero-order valence-corrected chi connectivity index (χ0v) is 12.8. The molecular weight excluding hydrogens is 260 g/mol. The van der Waals surface area contributed by atoms with E-state index in [1.807, 2.05) is 12.4 Å². The molecule has 0 spiro atoms. The first-order chi connectivity index (χ1) is 10.3. The van der Waals surface area contributed by atoms with Crippen LogP contribution < -0.4 is 0 Å². The Kier molecular flexibility index (Phi) is 4.89. The van der Waals surface area contributed by atoms with Crippen LogP contribution in [0, 0.1) is 5.92 Å². The van der Waals surface area contributed by atoms with Gasteiger partial charge in [0, 0.05) is 31.9 Å². The zero-order chi connectivity index (χ0) is 14.5. The Bertz CT molecular complexity index is 446. The van der Waals surface area contributed by atoms with Gasteiger partial charge in [-0.1, -0.05) is 19.3 Å². The fourth-order valence-corrected chi connectivity index (χ4v) is 3.87. The molecule has 3 rings (SSSR count). The highest BCUT2D eigenvalue weighted by Crippen LogP contribution is 2.30. The molecule has 1 saturated heterocycles. The van der Waals surface area contributed by atoms with Crippen LogP contribution in [-0.2, 0) is 4.79 Å². The summed E-state index contributed by atoms with van der Waals surface area (Å²) in [6.07, 6.45) is 13.3. The summed E-state index contributed by atoms with van der Waals surface area (Å²) in [6.45, 7) is 1.86. The quantitative estimate of drug-likeness (QED) is 0.847. The van der Waals surface area contributed by atoms with Crippen molar-refractivity contribution < 1.29 is 4.79 Å². The number of rotatable bonds is 3. The topological polar surface area (TPSA) is 33.2 Å². The van der Waals surface area contributed by atoms with E-state index in [4.69, 9.17) is 0 Å². The number of aromatic nitrogens is 1. The van der Waals surface area contributed by atoms with E-state index in [1.54, 1.807) is 0 Å². The number of piperidine rings is 1. The molecule has 1 aliphatic carbocycles. The second-order valence-corrected chi connectivity index (χ2v) is 6.64. The Hall–Kier alpha value is -1.38. The Labute approximate surface area is 127 Å². The summed E-state index contributed by atoms with van der Waals surface area (Å²) >= 11 is 0. The number of carbonyl (C=O) groups excluding carboxylic acids is 1.